The Morgan fingerprint density at radius 1 is 0.630 bits per heavy atom. The number of nitrogens with zero attached hydrogens (tertiary/aromatic N) is 3. The average Bonchev–Trinajstić information content (AvgIpc) is 3.47. The quantitative estimate of drug-likeness (QED) is 0.0129. The number of hydrogen-bond donors (Lipinski definition) is 2. The van der Waals surface area contributed by atoms with Gasteiger partial charge in [-0.15, -0.1) is 0 Å². The van der Waals surface area contributed by atoms with Gasteiger partial charge in [-0.2, -0.15) is 0 Å². The summed E-state index contributed by atoms with van der Waals surface area (Å²) in [6.45, 7) is 12.5. The molecule has 0 aliphatic carbocycles. The van der Waals surface area contributed by atoms with Crippen LogP contribution in [0.2, 0.25) is 0 Å². The SMILES string of the molecule is C.C.CCN(CC)c1ccc2cc(C(=O)NCCOCCOC(=O)C(/C=C/c3ccccc3)=C/C=O)c(=O)oc2c1.CCN(CC)c1ccc2cc(C(=O)NCCOCCOC(=O)C3=CC(c4ccccc4)N(C)C=C3)c(=O)oc2c1. The molecule has 430 valence electrons. The van der Waals surface area contributed by atoms with Crippen LogP contribution in [0.15, 0.2) is 169 Å². The molecule has 0 fully saturated rings. The maximum Gasteiger partial charge on any atom is 0.349 e. The lowest BCUT2D eigenvalue weighted by Crippen LogP contribution is -2.31. The average molecular weight is 1110 g/mol. The van der Waals surface area contributed by atoms with Crippen LogP contribution < -0.4 is 31.7 Å². The van der Waals surface area contributed by atoms with Gasteiger partial charge < -0.3 is 53.1 Å². The van der Waals surface area contributed by atoms with Gasteiger partial charge in [-0.25, -0.2) is 19.2 Å². The zero-order chi connectivity index (χ0) is 56.5. The Bertz CT molecular complexity index is 3270. The van der Waals surface area contributed by atoms with Gasteiger partial charge in [-0.3, -0.25) is 14.4 Å². The van der Waals surface area contributed by atoms with Crippen LogP contribution in [-0.4, -0.2) is 121 Å². The van der Waals surface area contributed by atoms with Gasteiger partial charge in [0.05, 0.1) is 43.6 Å². The summed E-state index contributed by atoms with van der Waals surface area (Å²) in [5.41, 5.74) is 3.73. The summed E-state index contributed by atoms with van der Waals surface area (Å²) in [5, 5.41) is 6.61. The van der Waals surface area contributed by atoms with Crippen LogP contribution in [0, 0.1) is 0 Å². The molecule has 18 nitrogen and oxygen atoms in total. The van der Waals surface area contributed by atoms with Crippen molar-refractivity contribution in [1.29, 1.82) is 0 Å². The molecule has 18 heteroatoms. The number of allylic oxidation sites excluding steroid dienone is 1. The van der Waals surface area contributed by atoms with Crippen LogP contribution in [0.25, 0.3) is 28.0 Å². The van der Waals surface area contributed by atoms with Crippen molar-refractivity contribution in [3.05, 3.63) is 194 Å². The van der Waals surface area contributed by atoms with E-state index in [2.05, 4.69) is 34.3 Å². The van der Waals surface area contributed by atoms with E-state index in [1.54, 1.807) is 18.2 Å². The fraction of sp³-hybridized carbons (Fsp3) is 0.317. The maximum atomic E-state index is 12.6. The van der Waals surface area contributed by atoms with Crippen LogP contribution in [0.4, 0.5) is 11.4 Å². The number of anilines is 2. The number of benzene rings is 4. The van der Waals surface area contributed by atoms with Gasteiger partial charge in [0, 0.05) is 86.8 Å². The van der Waals surface area contributed by atoms with Gasteiger partial charge in [-0.05, 0) is 99.5 Å². The third-order valence-corrected chi connectivity index (χ3v) is 12.6. The Balaban J connectivity index is 0.000000340. The Morgan fingerprint density at radius 2 is 1.12 bits per heavy atom. The lowest BCUT2D eigenvalue weighted by molar-refractivity contribution is -0.141. The summed E-state index contributed by atoms with van der Waals surface area (Å²) in [6, 6.07) is 33.4. The third kappa shape index (κ3) is 18.9. The summed E-state index contributed by atoms with van der Waals surface area (Å²) in [5.74, 6) is -2.18. The first-order chi connectivity index (χ1) is 38.4. The minimum absolute atomic E-state index is 0. The van der Waals surface area contributed by atoms with Crippen LogP contribution in [0.5, 0.6) is 0 Å². The van der Waals surface area contributed by atoms with Gasteiger partial charge >= 0.3 is 23.2 Å². The number of rotatable bonds is 26. The Labute approximate surface area is 473 Å². The standard InChI is InChI=1S/C31H35N3O6.C30H32N2O7.2CH4/c1-4-34(5-2)25-12-11-23-19-26(31(37)40-28(23)21-25)29(35)32-14-16-38-17-18-39-30(36)24-13-15-33(3)27(20-24)22-9-7-6-8-10-22;1-3-32(4-2)25-13-12-24-20-26(30(36)39-27(24)21-25)28(34)31-15-17-37-18-19-38-29(35)23(14-16-33)11-10-22-8-6-5-7-9-22;;/h6-13,15,19-21,27H,4-5,14,16-18H2,1-3H3,(H,32,35);5-14,16,20-21H,3-4,15,17-19H2,1-2H3,(H,31,34);2*1H4/b;11-10+,23-14+;;. The van der Waals surface area contributed by atoms with Crippen molar-refractivity contribution in [2.75, 3.05) is 95.8 Å². The molecule has 7 rings (SSSR count). The largest absolute Gasteiger partial charge is 0.460 e. The monoisotopic (exact) mass is 1110 g/mol. The molecule has 0 spiro atoms. The first-order valence-electron chi connectivity index (χ1n) is 26.1. The molecular formula is C63H75N5O13. The van der Waals surface area contributed by atoms with Crippen molar-refractivity contribution in [3.63, 3.8) is 0 Å². The fourth-order valence-electron chi connectivity index (χ4n) is 8.28. The van der Waals surface area contributed by atoms with E-state index in [0.29, 0.717) is 33.8 Å². The normalized spacial score (nSPS) is 12.8. The van der Waals surface area contributed by atoms with Crippen molar-refractivity contribution in [2.45, 2.75) is 48.6 Å². The molecule has 1 unspecified atom stereocenters. The third-order valence-electron chi connectivity index (χ3n) is 12.6. The second-order valence-corrected chi connectivity index (χ2v) is 17.7. The van der Waals surface area contributed by atoms with Gasteiger partial charge in [0.2, 0.25) is 0 Å². The highest BCUT2D eigenvalue weighted by molar-refractivity contribution is 5.98. The molecule has 0 saturated heterocycles. The number of likely N-dealkylation sites (N-methyl/N-ethyl adjacent to an activating group) is 1. The highest BCUT2D eigenvalue weighted by Crippen LogP contribution is 2.27. The summed E-state index contributed by atoms with van der Waals surface area (Å²) >= 11 is 0. The number of amides is 2. The molecule has 6 aromatic rings. The zero-order valence-corrected chi connectivity index (χ0v) is 45.1. The predicted octanol–water partition coefficient (Wildman–Crippen LogP) is 9.10. The predicted molar refractivity (Wildman–Crippen MR) is 318 cm³/mol. The number of nitrogens with one attached hydrogen (secondary N) is 2. The number of esters is 2. The number of carbonyl (C=O) groups is 5. The Morgan fingerprint density at radius 3 is 1.62 bits per heavy atom. The summed E-state index contributed by atoms with van der Waals surface area (Å²) in [7, 11) is 1.95. The molecule has 0 bridgehead atoms. The molecule has 3 heterocycles. The van der Waals surface area contributed by atoms with E-state index in [-0.39, 0.29) is 90.3 Å². The summed E-state index contributed by atoms with van der Waals surface area (Å²) in [4.78, 5) is 91.9. The molecule has 0 radical (unpaired) electrons. The minimum Gasteiger partial charge on any atom is -0.460 e. The second kappa shape index (κ2) is 33.5. The molecule has 81 heavy (non-hydrogen) atoms. The van der Waals surface area contributed by atoms with E-state index in [1.165, 1.54) is 18.2 Å². The lowest BCUT2D eigenvalue weighted by Gasteiger charge is -2.28. The Kier molecular flexibility index (Phi) is 26.8. The van der Waals surface area contributed by atoms with Crippen molar-refractivity contribution < 1.29 is 51.8 Å². The van der Waals surface area contributed by atoms with E-state index in [1.807, 2.05) is 129 Å². The number of fused-ring (bicyclic) bond motifs is 2. The van der Waals surface area contributed by atoms with Crippen LogP contribution in [0.1, 0.15) is 80.4 Å². The highest BCUT2D eigenvalue weighted by atomic mass is 16.6. The molecule has 2 aromatic heterocycles. The maximum absolute atomic E-state index is 12.6. The van der Waals surface area contributed by atoms with Crippen LogP contribution in [-0.2, 0) is 33.3 Å². The van der Waals surface area contributed by atoms with E-state index in [4.69, 9.17) is 27.8 Å². The van der Waals surface area contributed by atoms with Gasteiger partial charge in [-0.1, -0.05) is 81.6 Å². The van der Waals surface area contributed by atoms with E-state index in [9.17, 15) is 33.6 Å². The minimum atomic E-state index is -0.718. The number of hydrogen-bond acceptors (Lipinski definition) is 16. The summed E-state index contributed by atoms with van der Waals surface area (Å²) in [6.07, 6.45) is 10.3. The van der Waals surface area contributed by atoms with Crippen molar-refractivity contribution in [1.82, 2.24) is 15.5 Å². The van der Waals surface area contributed by atoms with Crippen molar-refractivity contribution in [2.24, 2.45) is 0 Å². The summed E-state index contributed by atoms with van der Waals surface area (Å²) < 4.78 is 32.2. The Hall–Kier alpha value is -8.87. The molecule has 1 aliphatic rings. The first kappa shape index (κ1) is 64.7. The molecule has 4 aromatic carbocycles. The van der Waals surface area contributed by atoms with Crippen LogP contribution in [0.3, 0.4) is 0 Å². The highest BCUT2D eigenvalue weighted by Gasteiger charge is 2.21. The van der Waals surface area contributed by atoms with E-state index in [0.717, 1.165) is 54.8 Å². The lowest BCUT2D eigenvalue weighted by atomic mass is 10.0. The molecule has 0 saturated carbocycles. The number of aldehydes is 1. The fourth-order valence-corrected chi connectivity index (χ4v) is 8.28. The smallest absolute Gasteiger partial charge is 0.349 e. The number of ether oxygens (including phenoxy) is 4. The van der Waals surface area contributed by atoms with Gasteiger partial charge in [0.1, 0.15) is 41.8 Å². The topological polar surface area (TPSA) is 216 Å². The molecular weight excluding hydrogens is 1030 g/mol. The molecule has 2 amide bonds. The van der Waals surface area contributed by atoms with Gasteiger partial charge in [0.15, 0.2) is 0 Å². The van der Waals surface area contributed by atoms with Crippen LogP contribution >= 0.6 is 0 Å². The molecule has 1 atom stereocenters. The van der Waals surface area contributed by atoms with Crippen molar-refractivity contribution in [3.8, 4) is 0 Å². The van der Waals surface area contributed by atoms with Crippen molar-refractivity contribution >= 4 is 69.4 Å². The zero-order valence-electron chi connectivity index (χ0n) is 45.1. The molecule has 2 N–H and O–H groups in total. The number of carbonyl (C=O) groups excluding carboxylic acids is 5. The molecule has 1 aliphatic heterocycles. The van der Waals surface area contributed by atoms with E-state index >= 15 is 0 Å². The van der Waals surface area contributed by atoms with Gasteiger partial charge in [0.25, 0.3) is 11.8 Å². The second-order valence-electron chi connectivity index (χ2n) is 17.7. The first-order valence-corrected chi connectivity index (χ1v) is 26.1. The van der Waals surface area contributed by atoms with E-state index < -0.39 is 35.0 Å².